The summed E-state index contributed by atoms with van der Waals surface area (Å²) in [6.07, 6.45) is 1.58. The SMILES string of the molecule is CCc1cccc(CC)c1NC(=O)c1c(-c2ccccc2)n(-c2ccccc2)c(C)cc1=O. The Morgan fingerprint density at radius 3 is 1.97 bits per heavy atom. The van der Waals surface area contributed by atoms with E-state index in [-0.39, 0.29) is 16.9 Å². The molecular weight excluding hydrogens is 408 g/mol. The van der Waals surface area contributed by atoms with Gasteiger partial charge in [-0.2, -0.15) is 0 Å². The zero-order valence-corrected chi connectivity index (χ0v) is 19.3. The van der Waals surface area contributed by atoms with Gasteiger partial charge in [0.15, 0.2) is 5.43 Å². The molecule has 4 nitrogen and oxygen atoms in total. The van der Waals surface area contributed by atoms with Crippen LogP contribution in [0, 0.1) is 6.92 Å². The molecule has 0 fully saturated rings. The molecule has 166 valence electrons. The van der Waals surface area contributed by atoms with Crippen molar-refractivity contribution in [3.05, 3.63) is 118 Å². The van der Waals surface area contributed by atoms with Crippen molar-refractivity contribution in [2.45, 2.75) is 33.6 Å². The highest BCUT2D eigenvalue weighted by Crippen LogP contribution is 2.29. The van der Waals surface area contributed by atoms with Crippen molar-refractivity contribution >= 4 is 11.6 Å². The summed E-state index contributed by atoms with van der Waals surface area (Å²) in [5.41, 5.74) is 5.84. The fourth-order valence-electron chi connectivity index (χ4n) is 4.31. The van der Waals surface area contributed by atoms with Crippen LogP contribution in [0.1, 0.15) is 41.0 Å². The number of hydrogen-bond acceptors (Lipinski definition) is 2. The molecule has 0 radical (unpaired) electrons. The Hall–Kier alpha value is -3.92. The van der Waals surface area contributed by atoms with Gasteiger partial charge in [0, 0.05) is 23.1 Å². The minimum Gasteiger partial charge on any atom is -0.321 e. The maximum Gasteiger partial charge on any atom is 0.261 e. The average molecular weight is 437 g/mol. The van der Waals surface area contributed by atoms with Crippen molar-refractivity contribution in [3.8, 4) is 16.9 Å². The summed E-state index contributed by atoms with van der Waals surface area (Å²) in [7, 11) is 0. The van der Waals surface area contributed by atoms with Crippen LogP contribution in [-0.4, -0.2) is 10.5 Å². The van der Waals surface area contributed by atoms with Crippen LogP contribution in [0.2, 0.25) is 0 Å². The first-order valence-electron chi connectivity index (χ1n) is 11.3. The molecule has 4 aromatic rings. The van der Waals surface area contributed by atoms with Gasteiger partial charge >= 0.3 is 0 Å². The number of benzene rings is 3. The number of anilines is 1. The number of nitrogens with one attached hydrogen (secondary N) is 1. The van der Waals surface area contributed by atoms with Gasteiger partial charge in [-0.15, -0.1) is 0 Å². The van der Waals surface area contributed by atoms with Crippen LogP contribution in [0.5, 0.6) is 0 Å². The van der Waals surface area contributed by atoms with Crippen LogP contribution in [0.15, 0.2) is 89.7 Å². The summed E-state index contributed by atoms with van der Waals surface area (Å²) in [6, 6.07) is 27.0. The predicted molar refractivity (Wildman–Crippen MR) is 135 cm³/mol. The van der Waals surface area contributed by atoms with E-state index >= 15 is 0 Å². The fraction of sp³-hybridized carbons (Fsp3) is 0.172. The molecule has 33 heavy (non-hydrogen) atoms. The fourth-order valence-corrected chi connectivity index (χ4v) is 4.31. The second kappa shape index (κ2) is 9.70. The number of carbonyl (C=O) groups excluding carboxylic acids is 1. The lowest BCUT2D eigenvalue weighted by Gasteiger charge is -2.21. The first kappa shape index (κ1) is 22.3. The van der Waals surface area contributed by atoms with Crippen molar-refractivity contribution in [2.75, 3.05) is 5.32 Å². The van der Waals surface area contributed by atoms with Crippen molar-refractivity contribution in [1.82, 2.24) is 4.57 Å². The molecule has 4 rings (SSSR count). The molecule has 1 aromatic heterocycles. The van der Waals surface area contributed by atoms with Crippen LogP contribution in [0.25, 0.3) is 16.9 Å². The average Bonchev–Trinajstić information content (AvgIpc) is 2.84. The van der Waals surface area contributed by atoms with Gasteiger partial charge in [0.1, 0.15) is 5.56 Å². The summed E-state index contributed by atoms with van der Waals surface area (Å²) < 4.78 is 1.98. The maximum atomic E-state index is 13.7. The molecule has 0 spiro atoms. The van der Waals surface area contributed by atoms with E-state index < -0.39 is 0 Å². The van der Waals surface area contributed by atoms with Gasteiger partial charge in [-0.1, -0.05) is 80.6 Å². The second-order valence-corrected chi connectivity index (χ2v) is 8.02. The highest BCUT2D eigenvalue weighted by atomic mass is 16.2. The van der Waals surface area contributed by atoms with E-state index in [2.05, 4.69) is 19.2 Å². The third-order valence-corrected chi connectivity index (χ3v) is 5.93. The smallest absolute Gasteiger partial charge is 0.261 e. The summed E-state index contributed by atoms with van der Waals surface area (Å²) in [6.45, 7) is 6.02. The van der Waals surface area contributed by atoms with Gasteiger partial charge in [-0.3, -0.25) is 9.59 Å². The topological polar surface area (TPSA) is 51.1 Å². The van der Waals surface area contributed by atoms with Crippen molar-refractivity contribution in [1.29, 1.82) is 0 Å². The number of amides is 1. The number of para-hydroxylation sites is 2. The lowest BCUT2D eigenvalue weighted by molar-refractivity contribution is 0.102. The molecule has 0 bridgehead atoms. The molecule has 0 aliphatic rings. The van der Waals surface area contributed by atoms with Crippen LogP contribution in [-0.2, 0) is 12.8 Å². The van der Waals surface area contributed by atoms with E-state index in [0.29, 0.717) is 5.69 Å². The molecular formula is C29H28N2O2. The van der Waals surface area contributed by atoms with E-state index in [1.807, 2.05) is 90.4 Å². The van der Waals surface area contributed by atoms with E-state index in [4.69, 9.17) is 0 Å². The Kier molecular flexibility index (Phi) is 6.55. The summed E-state index contributed by atoms with van der Waals surface area (Å²) in [4.78, 5) is 27.0. The molecule has 1 amide bonds. The van der Waals surface area contributed by atoms with Crippen LogP contribution in [0.3, 0.4) is 0 Å². The first-order chi connectivity index (χ1) is 16.0. The molecule has 1 N–H and O–H groups in total. The molecule has 0 atom stereocenters. The van der Waals surface area contributed by atoms with Gasteiger partial charge in [-0.05, 0) is 48.6 Å². The minimum atomic E-state index is -0.390. The van der Waals surface area contributed by atoms with Crippen LogP contribution in [0.4, 0.5) is 5.69 Å². The zero-order chi connectivity index (χ0) is 23.4. The van der Waals surface area contributed by atoms with Gasteiger partial charge in [0.25, 0.3) is 5.91 Å². The normalized spacial score (nSPS) is 10.8. The van der Waals surface area contributed by atoms with Gasteiger partial charge in [0.05, 0.1) is 5.69 Å². The highest BCUT2D eigenvalue weighted by molar-refractivity contribution is 6.09. The summed E-state index contributed by atoms with van der Waals surface area (Å²) >= 11 is 0. The largest absolute Gasteiger partial charge is 0.321 e. The molecule has 0 aliphatic heterocycles. The number of nitrogens with zero attached hydrogens (tertiary/aromatic N) is 1. The van der Waals surface area contributed by atoms with E-state index in [1.54, 1.807) is 6.07 Å². The third-order valence-electron chi connectivity index (χ3n) is 5.93. The van der Waals surface area contributed by atoms with Crippen LogP contribution < -0.4 is 10.7 Å². The number of rotatable bonds is 6. The third kappa shape index (κ3) is 4.37. The zero-order valence-electron chi connectivity index (χ0n) is 19.3. The molecule has 0 saturated heterocycles. The van der Waals surface area contributed by atoms with E-state index in [0.717, 1.165) is 46.6 Å². The van der Waals surface area contributed by atoms with Crippen molar-refractivity contribution in [3.63, 3.8) is 0 Å². The van der Waals surface area contributed by atoms with Gasteiger partial charge in [-0.25, -0.2) is 0 Å². The summed E-state index contributed by atoms with van der Waals surface area (Å²) in [5, 5.41) is 3.09. The molecule has 3 aromatic carbocycles. The van der Waals surface area contributed by atoms with E-state index in [9.17, 15) is 9.59 Å². The Bertz CT molecular complexity index is 1320. The van der Waals surface area contributed by atoms with Crippen molar-refractivity contribution in [2.24, 2.45) is 0 Å². The second-order valence-electron chi connectivity index (χ2n) is 8.02. The number of hydrogen-bond donors (Lipinski definition) is 1. The molecule has 0 aliphatic carbocycles. The Morgan fingerprint density at radius 2 is 1.39 bits per heavy atom. The van der Waals surface area contributed by atoms with Crippen molar-refractivity contribution < 1.29 is 4.79 Å². The molecule has 4 heteroatoms. The lowest BCUT2D eigenvalue weighted by Crippen LogP contribution is -2.27. The maximum absolute atomic E-state index is 13.7. The number of aryl methyl sites for hydroxylation is 3. The van der Waals surface area contributed by atoms with Gasteiger partial charge < -0.3 is 9.88 Å². The summed E-state index contributed by atoms with van der Waals surface area (Å²) in [5.74, 6) is -0.390. The standard InChI is InChI=1S/C29H28N2O2/c1-4-21-15-12-16-22(5-2)27(21)30-29(33)26-25(32)19-20(3)31(24-17-10-7-11-18-24)28(26)23-13-8-6-9-14-23/h6-19H,4-5H2,1-3H3,(H,30,33). The quantitative estimate of drug-likeness (QED) is 0.392. The number of carbonyl (C=O) groups is 1. The predicted octanol–water partition coefficient (Wildman–Crippen LogP) is 6.19. The lowest BCUT2D eigenvalue weighted by atomic mass is 10.00. The van der Waals surface area contributed by atoms with Crippen LogP contribution >= 0.6 is 0 Å². The Morgan fingerprint density at radius 1 is 0.818 bits per heavy atom. The Balaban J connectivity index is 1.96. The molecule has 1 heterocycles. The van der Waals surface area contributed by atoms with Gasteiger partial charge in [0.2, 0.25) is 0 Å². The molecule has 0 saturated carbocycles. The number of pyridine rings is 1. The number of aromatic nitrogens is 1. The first-order valence-corrected chi connectivity index (χ1v) is 11.3. The van der Waals surface area contributed by atoms with E-state index in [1.165, 1.54) is 0 Å². The monoisotopic (exact) mass is 436 g/mol. The minimum absolute atomic E-state index is 0.142. The molecule has 0 unspecified atom stereocenters. The highest BCUT2D eigenvalue weighted by Gasteiger charge is 2.23. The Labute approximate surface area is 194 Å².